The SMILES string of the molecule is CC(O)CN(C(=O)C(C)(C)C)C(C)(C)CO. The number of carbonyl (C=O) groups excluding carboxylic acids is 1. The van der Waals surface area contributed by atoms with Gasteiger partial charge in [-0.3, -0.25) is 4.79 Å². The highest BCUT2D eigenvalue weighted by Crippen LogP contribution is 2.24. The molecule has 0 saturated heterocycles. The molecule has 96 valence electrons. The van der Waals surface area contributed by atoms with E-state index in [1.165, 1.54) is 0 Å². The van der Waals surface area contributed by atoms with Crippen LogP contribution in [0.4, 0.5) is 0 Å². The maximum atomic E-state index is 12.2. The van der Waals surface area contributed by atoms with Gasteiger partial charge in [-0.25, -0.2) is 0 Å². The molecule has 1 unspecified atom stereocenters. The summed E-state index contributed by atoms with van der Waals surface area (Å²) in [5.74, 6) is -0.0625. The molecule has 0 aliphatic carbocycles. The Kier molecular flexibility index (Phi) is 4.95. The van der Waals surface area contributed by atoms with Crippen molar-refractivity contribution in [3.05, 3.63) is 0 Å². The van der Waals surface area contributed by atoms with Gasteiger partial charge >= 0.3 is 0 Å². The second-order valence-corrected chi connectivity index (χ2v) is 5.99. The highest BCUT2D eigenvalue weighted by molar-refractivity contribution is 5.82. The van der Waals surface area contributed by atoms with Crippen molar-refractivity contribution in [1.29, 1.82) is 0 Å². The van der Waals surface area contributed by atoms with Crippen molar-refractivity contribution >= 4 is 5.91 Å². The van der Waals surface area contributed by atoms with E-state index in [1.54, 1.807) is 25.7 Å². The predicted molar refractivity (Wildman–Crippen MR) is 64.0 cm³/mol. The molecule has 0 fully saturated rings. The minimum Gasteiger partial charge on any atom is -0.394 e. The first-order chi connectivity index (χ1) is 7.02. The lowest BCUT2D eigenvalue weighted by molar-refractivity contribution is -0.148. The van der Waals surface area contributed by atoms with Crippen molar-refractivity contribution < 1.29 is 15.0 Å². The average Bonchev–Trinajstić information content (AvgIpc) is 2.11. The minimum atomic E-state index is -0.651. The molecule has 0 aliphatic heterocycles. The van der Waals surface area contributed by atoms with Crippen LogP contribution in [0.3, 0.4) is 0 Å². The van der Waals surface area contributed by atoms with Crippen LogP contribution >= 0.6 is 0 Å². The maximum Gasteiger partial charge on any atom is 0.228 e. The van der Waals surface area contributed by atoms with Crippen molar-refractivity contribution in [3.8, 4) is 0 Å². The Morgan fingerprint density at radius 2 is 1.69 bits per heavy atom. The quantitative estimate of drug-likeness (QED) is 0.759. The number of amides is 1. The predicted octanol–water partition coefficient (Wildman–Crippen LogP) is 1.01. The Morgan fingerprint density at radius 3 is 1.94 bits per heavy atom. The van der Waals surface area contributed by atoms with Crippen LogP contribution in [0.25, 0.3) is 0 Å². The minimum absolute atomic E-state index is 0.0625. The Bertz CT molecular complexity index is 241. The van der Waals surface area contributed by atoms with E-state index >= 15 is 0 Å². The van der Waals surface area contributed by atoms with E-state index < -0.39 is 17.1 Å². The van der Waals surface area contributed by atoms with Gasteiger partial charge in [-0.1, -0.05) is 20.8 Å². The van der Waals surface area contributed by atoms with Gasteiger partial charge in [0.2, 0.25) is 5.91 Å². The van der Waals surface area contributed by atoms with E-state index in [2.05, 4.69) is 0 Å². The molecule has 2 N–H and O–H groups in total. The van der Waals surface area contributed by atoms with Crippen molar-refractivity contribution in [1.82, 2.24) is 4.90 Å². The highest BCUT2D eigenvalue weighted by Gasteiger charge is 2.36. The zero-order valence-corrected chi connectivity index (χ0v) is 11.2. The van der Waals surface area contributed by atoms with Gasteiger partial charge in [0, 0.05) is 12.0 Å². The largest absolute Gasteiger partial charge is 0.394 e. The zero-order valence-electron chi connectivity index (χ0n) is 11.2. The van der Waals surface area contributed by atoms with Crippen molar-refractivity contribution in [2.24, 2.45) is 5.41 Å². The lowest BCUT2D eigenvalue weighted by atomic mass is 9.91. The molecule has 4 nitrogen and oxygen atoms in total. The van der Waals surface area contributed by atoms with Gasteiger partial charge in [0.15, 0.2) is 0 Å². The Balaban J connectivity index is 5.03. The lowest BCUT2D eigenvalue weighted by Crippen LogP contribution is -2.55. The molecule has 0 radical (unpaired) electrons. The van der Waals surface area contributed by atoms with Crippen LogP contribution in [0.2, 0.25) is 0 Å². The molecule has 0 saturated carbocycles. The first-order valence-electron chi connectivity index (χ1n) is 5.63. The van der Waals surface area contributed by atoms with Gasteiger partial charge in [0.1, 0.15) is 0 Å². The fraction of sp³-hybridized carbons (Fsp3) is 0.917. The van der Waals surface area contributed by atoms with Gasteiger partial charge in [0.25, 0.3) is 0 Å². The summed E-state index contributed by atoms with van der Waals surface area (Å²) in [5.41, 5.74) is -1.16. The first-order valence-corrected chi connectivity index (χ1v) is 5.63. The molecule has 1 atom stereocenters. The number of β-amino-alcohol motifs (C(OH)–C–C–N with tert-alkyl or cyclic N) is 1. The number of rotatable bonds is 4. The van der Waals surface area contributed by atoms with Crippen LogP contribution in [0.5, 0.6) is 0 Å². The third kappa shape index (κ3) is 4.10. The molecule has 0 aliphatic rings. The fourth-order valence-corrected chi connectivity index (χ4v) is 1.36. The Labute approximate surface area is 98.3 Å². The van der Waals surface area contributed by atoms with E-state index in [4.69, 9.17) is 0 Å². The number of aliphatic hydroxyl groups is 2. The van der Waals surface area contributed by atoms with Gasteiger partial charge < -0.3 is 15.1 Å². The first kappa shape index (κ1) is 15.4. The van der Waals surface area contributed by atoms with E-state index in [-0.39, 0.29) is 19.1 Å². The Hall–Kier alpha value is -0.610. The van der Waals surface area contributed by atoms with Crippen molar-refractivity contribution in [2.75, 3.05) is 13.2 Å². The summed E-state index contributed by atoms with van der Waals surface area (Å²) in [6.07, 6.45) is -0.600. The third-order valence-electron chi connectivity index (χ3n) is 2.45. The molecule has 16 heavy (non-hydrogen) atoms. The van der Waals surface area contributed by atoms with E-state index in [9.17, 15) is 15.0 Å². The van der Waals surface area contributed by atoms with E-state index in [1.807, 2.05) is 20.8 Å². The van der Waals surface area contributed by atoms with Gasteiger partial charge in [-0.2, -0.15) is 0 Å². The number of hydrogen-bond acceptors (Lipinski definition) is 3. The third-order valence-corrected chi connectivity index (χ3v) is 2.45. The summed E-state index contributed by atoms with van der Waals surface area (Å²) >= 11 is 0. The number of hydrogen-bond donors (Lipinski definition) is 2. The van der Waals surface area contributed by atoms with E-state index in [0.717, 1.165) is 0 Å². The van der Waals surface area contributed by atoms with Crippen LogP contribution in [0, 0.1) is 5.41 Å². The Morgan fingerprint density at radius 1 is 1.25 bits per heavy atom. The van der Waals surface area contributed by atoms with Crippen LogP contribution in [-0.4, -0.2) is 45.8 Å². The van der Waals surface area contributed by atoms with Crippen LogP contribution < -0.4 is 0 Å². The van der Waals surface area contributed by atoms with Gasteiger partial charge in [0.05, 0.1) is 18.2 Å². The van der Waals surface area contributed by atoms with Crippen LogP contribution in [-0.2, 0) is 4.79 Å². The topological polar surface area (TPSA) is 60.8 Å². The second kappa shape index (κ2) is 5.15. The summed E-state index contributed by atoms with van der Waals surface area (Å²) in [4.78, 5) is 13.8. The molecular formula is C12H25NO3. The molecule has 0 aromatic rings. The molecular weight excluding hydrogens is 206 g/mol. The molecule has 0 bridgehead atoms. The van der Waals surface area contributed by atoms with Gasteiger partial charge in [-0.15, -0.1) is 0 Å². The molecule has 0 rings (SSSR count). The van der Waals surface area contributed by atoms with Crippen molar-refractivity contribution in [3.63, 3.8) is 0 Å². The summed E-state index contributed by atoms with van der Waals surface area (Å²) in [5, 5.41) is 18.7. The summed E-state index contributed by atoms with van der Waals surface area (Å²) in [6, 6.07) is 0. The molecule has 0 spiro atoms. The molecule has 1 amide bonds. The standard InChI is InChI=1S/C12H25NO3/c1-9(15)7-13(12(5,6)8-14)10(16)11(2,3)4/h9,14-15H,7-8H2,1-6H3. The smallest absolute Gasteiger partial charge is 0.228 e. The number of aliphatic hydroxyl groups excluding tert-OH is 2. The van der Waals surface area contributed by atoms with Crippen molar-refractivity contribution in [2.45, 2.75) is 53.2 Å². The zero-order chi connectivity index (χ0) is 13.1. The van der Waals surface area contributed by atoms with Gasteiger partial charge in [-0.05, 0) is 20.8 Å². The highest BCUT2D eigenvalue weighted by atomic mass is 16.3. The van der Waals surface area contributed by atoms with E-state index in [0.29, 0.717) is 0 Å². The normalized spacial score (nSPS) is 14.8. The maximum absolute atomic E-state index is 12.2. The number of carbonyl (C=O) groups is 1. The van der Waals surface area contributed by atoms with Crippen LogP contribution in [0.1, 0.15) is 41.5 Å². The van der Waals surface area contributed by atoms with Crippen LogP contribution in [0.15, 0.2) is 0 Å². The molecule has 0 aromatic heterocycles. The summed E-state index contributed by atoms with van der Waals surface area (Å²) in [6.45, 7) is 10.8. The monoisotopic (exact) mass is 231 g/mol. The lowest BCUT2D eigenvalue weighted by Gasteiger charge is -2.41. The second-order valence-electron chi connectivity index (χ2n) is 5.99. The summed E-state index contributed by atoms with van der Waals surface area (Å²) in [7, 11) is 0. The average molecular weight is 231 g/mol. The summed E-state index contributed by atoms with van der Waals surface area (Å²) < 4.78 is 0. The molecule has 0 heterocycles. The molecule has 0 aromatic carbocycles. The fourth-order valence-electron chi connectivity index (χ4n) is 1.36. The molecule has 4 heteroatoms. The number of nitrogens with zero attached hydrogens (tertiary/aromatic N) is 1.